The van der Waals surface area contributed by atoms with Crippen LogP contribution in [0.15, 0.2) is 18.3 Å². The Hall–Kier alpha value is -0.780. The molecular formula is C11H15ClN2O2S. The topological polar surface area (TPSA) is 76.2 Å². The van der Waals surface area contributed by atoms with Crippen molar-refractivity contribution in [3.63, 3.8) is 0 Å². The smallest absolute Gasteiger partial charge is 0.321 e. The van der Waals surface area contributed by atoms with Crippen molar-refractivity contribution in [3.05, 3.63) is 29.0 Å². The second kappa shape index (κ2) is 5.71. The van der Waals surface area contributed by atoms with Crippen molar-refractivity contribution in [2.24, 2.45) is 5.73 Å². The Kier molecular flexibility index (Phi) is 4.80. The summed E-state index contributed by atoms with van der Waals surface area (Å²) in [4.78, 5) is 14.8. The molecule has 0 amide bonds. The zero-order chi connectivity index (χ0) is 13.1. The fourth-order valence-electron chi connectivity index (χ4n) is 1.18. The minimum absolute atomic E-state index is 0.444. The van der Waals surface area contributed by atoms with Crippen molar-refractivity contribution in [1.82, 2.24) is 4.98 Å². The highest BCUT2D eigenvalue weighted by Crippen LogP contribution is 2.32. The summed E-state index contributed by atoms with van der Waals surface area (Å²) >= 11 is 7.38. The molecule has 94 valence electrons. The molecule has 6 heteroatoms. The number of halogens is 1. The van der Waals surface area contributed by atoms with E-state index in [1.54, 1.807) is 26.1 Å². The van der Waals surface area contributed by atoms with Gasteiger partial charge in [-0.15, -0.1) is 11.8 Å². The van der Waals surface area contributed by atoms with E-state index in [-0.39, 0.29) is 0 Å². The molecule has 0 saturated carbocycles. The second-order valence-electron chi connectivity index (χ2n) is 4.16. The number of thioether (sulfide) groups is 1. The Morgan fingerprint density at radius 3 is 2.88 bits per heavy atom. The summed E-state index contributed by atoms with van der Waals surface area (Å²) < 4.78 is -0.564. The van der Waals surface area contributed by atoms with Gasteiger partial charge in [-0.25, -0.2) is 4.98 Å². The van der Waals surface area contributed by atoms with E-state index in [1.807, 2.05) is 6.07 Å². The molecule has 0 fully saturated rings. The van der Waals surface area contributed by atoms with Gasteiger partial charge in [0.2, 0.25) is 0 Å². The number of carbonyl (C=O) groups is 1. The number of aromatic nitrogens is 1. The van der Waals surface area contributed by atoms with E-state index in [9.17, 15) is 4.79 Å². The van der Waals surface area contributed by atoms with Crippen molar-refractivity contribution in [2.45, 2.75) is 30.4 Å². The largest absolute Gasteiger partial charge is 0.480 e. The van der Waals surface area contributed by atoms with Crippen LogP contribution in [0.3, 0.4) is 0 Å². The molecule has 17 heavy (non-hydrogen) atoms. The first-order valence-corrected chi connectivity index (χ1v) is 6.42. The lowest BCUT2D eigenvalue weighted by atomic mass is 10.1. The summed E-state index contributed by atoms with van der Waals surface area (Å²) in [6, 6.07) is 2.75. The van der Waals surface area contributed by atoms with Gasteiger partial charge in [0.15, 0.2) is 0 Å². The van der Waals surface area contributed by atoms with E-state index in [1.165, 1.54) is 11.8 Å². The number of carboxylic acids is 1. The standard InChI is InChI=1S/C11H15ClN2O2S/c1-11(2,8(13)10(15)16)17-6-7-4-3-5-14-9(7)12/h3-5,8H,6,13H2,1-2H3,(H,15,16)/t8-/m1/s1. The van der Waals surface area contributed by atoms with Crippen molar-refractivity contribution in [3.8, 4) is 0 Å². The Bertz CT molecular complexity index is 412. The molecule has 0 saturated heterocycles. The third-order valence-electron chi connectivity index (χ3n) is 2.45. The number of hydrogen-bond donors (Lipinski definition) is 2. The fraction of sp³-hybridized carbons (Fsp3) is 0.455. The Morgan fingerprint density at radius 2 is 2.35 bits per heavy atom. The molecule has 1 heterocycles. The first-order valence-electron chi connectivity index (χ1n) is 5.06. The zero-order valence-corrected chi connectivity index (χ0v) is 11.3. The van der Waals surface area contributed by atoms with Gasteiger partial charge in [0, 0.05) is 16.7 Å². The van der Waals surface area contributed by atoms with E-state index >= 15 is 0 Å². The normalized spacial score (nSPS) is 13.4. The molecule has 1 aromatic rings. The summed E-state index contributed by atoms with van der Waals surface area (Å²) in [6.45, 7) is 3.61. The average Bonchev–Trinajstić information content (AvgIpc) is 2.27. The van der Waals surface area contributed by atoms with Gasteiger partial charge in [-0.3, -0.25) is 4.79 Å². The maximum atomic E-state index is 10.8. The highest BCUT2D eigenvalue weighted by molar-refractivity contribution is 7.99. The molecule has 4 nitrogen and oxygen atoms in total. The predicted octanol–water partition coefficient (Wildman–Crippen LogP) is 2.16. The molecule has 0 spiro atoms. The van der Waals surface area contributed by atoms with Crippen LogP contribution in [-0.2, 0) is 10.5 Å². The molecule has 0 bridgehead atoms. The predicted molar refractivity (Wildman–Crippen MR) is 70.2 cm³/mol. The molecule has 1 rings (SSSR count). The van der Waals surface area contributed by atoms with Crippen molar-refractivity contribution < 1.29 is 9.90 Å². The van der Waals surface area contributed by atoms with Crippen molar-refractivity contribution in [2.75, 3.05) is 0 Å². The maximum Gasteiger partial charge on any atom is 0.321 e. The van der Waals surface area contributed by atoms with E-state index in [4.69, 9.17) is 22.4 Å². The van der Waals surface area contributed by atoms with Crippen LogP contribution in [0.1, 0.15) is 19.4 Å². The molecule has 3 N–H and O–H groups in total. The molecule has 0 radical (unpaired) electrons. The van der Waals surface area contributed by atoms with E-state index in [0.29, 0.717) is 10.9 Å². The van der Waals surface area contributed by atoms with Gasteiger partial charge >= 0.3 is 5.97 Å². The van der Waals surface area contributed by atoms with Crippen molar-refractivity contribution in [1.29, 1.82) is 0 Å². The van der Waals surface area contributed by atoms with Crippen LogP contribution in [0.5, 0.6) is 0 Å². The van der Waals surface area contributed by atoms with Gasteiger partial charge < -0.3 is 10.8 Å². The number of nitrogens with zero attached hydrogens (tertiary/aromatic N) is 1. The number of hydrogen-bond acceptors (Lipinski definition) is 4. The first-order chi connectivity index (χ1) is 7.84. The quantitative estimate of drug-likeness (QED) is 0.805. The minimum Gasteiger partial charge on any atom is -0.480 e. The van der Waals surface area contributed by atoms with Crippen LogP contribution >= 0.6 is 23.4 Å². The summed E-state index contributed by atoms with van der Waals surface area (Å²) in [5.74, 6) is -0.416. The SMILES string of the molecule is CC(C)(SCc1cccnc1Cl)[C@H](N)C(=O)O. The van der Waals surface area contributed by atoms with Crippen LogP contribution in [0.2, 0.25) is 5.15 Å². The lowest BCUT2D eigenvalue weighted by Crippen LogP contribution is -2.46. The number of nitrogens with two attached hydrogens (primary N) is 1. The Balaban J connectivity index is 2.67. The average molecular weight is 275 g/mol. The highest BCUT2D eigenvalue weighted by atomic mass is 35.5. The highest BCUT2D eigenvalue weighted by Gasteiger charge is 2.32. The zero-order valence-electron chi connectivity index (χ0n) is 9.68. The summed E-state index contributed by atoms with van der Waals surface area (Å²) in [6.07, 6.45) is 1.62. The Morgan fingerprint density at radius 1 is 1.71 bits per heavy atom. The summed E-state index contributed by atoms with van der Waals surface area (Å²) in [5, 5.41) is 9.34. The van der Waals surface area contributed by atoms with Crippen molar-refractivity contribution >= 4 is 29.3 Å². The third-order valence-corrected chi connectivity index (χ3v) is 4.24. The monoisotopic (exact) mass is 274 g/mol. The number of aliphatic carboxylic acids is 1. The van der Waals surface area contributed by atoms with Gasteiger partial charge in [0.25, 0.3) is 0 Å². The van der Waals surface area contributed by atoms with Gasteiger partial charge in [-0.2, -0.15) is 0 Å². The van der Waals surface area contributed by atoms with Crippen LogP contribution in [0, 0.1) is 0 Å². The number of rotatable bonds is 5. The minimum atomic E-state index is -1.00. The molecule has 0 aromatic carbocycles. The summed E-state index contributed by atoms with van der Waals surface area (Å²) in [7, 11) is 0. The van der Waals surface area contributed by atoms with Gasteiger partial charge in [-0.1, -0.05) is 17.7 Å². The maximum absolute atomic E-state index is 10.8. The van der Waals surface area contributed by atoms with Crippen LogP contribution in [0.25, 0.3) is 0 Å². The van der Waals surface area contributed by atoms with Crippen LogP contribution < -0.4 is 5.73 Å². The van der Waals surface area contributed by atoms with Gasteiger partial charge in [-0.05, 0) is 25.5 Å². The molecule has 0 unspecified atom stereocenters. The molecule has 0 aliphatic carbocycles. The number of carboxylic acid groups (broad SMARTS) is 1. The van der Waals surface area contributed by atoms with Gasteiger partial charge in [0.05, 0.1) is 0 Å². The van der Waals surface area contributed by atoms with E-state index < -0.39 is 16.8 Å². The fourth-order valence-corrected chi connectivity index (χ4v) is 2.48. The van der Waals surface area contributed by atoms with E-state index in [0.717, 1.165) is 5.56 Å². The third kappa shape index (κ3) is 3.87. The first kappa shape index (κ1) is 14.3. The molecule has 0 aliphatic heterocycles. The Labute approximate surface area is 110 Å². The van der Waals surface area contributed by atoms with Crippen LogP contribution in [-0.4, -0.2) is 26.8 Å². The van der Waals surface area contributed by atoms with Gasteiger partial charge in [0.1, 0.15) is 11.2 Å². The lowest BCUT2D eigenvalue weighted by molar-refractivity contribution is -0.139. The molecule has 1 atom stereocenters. The molecular weight excluding hydrogens is 260 g/mol. The second-order valence-corrected chi connectivity index (χ2v) is 6.15. The molecule has 0 aliphatic rings. The lowest BCUT2D eigenvalue weighted by Gasteiger charge is -2.28. The number of pyridine rings is 1. The molecule has 1 aromatic heterocycles. The van der Waals surface area contributed by atoms with Crippen LogP contribution in [0.4, 0.5) is 0 Å². The van der Waals surface area contributed by atoms with E-state index in [2.05, 4.69) is 4.98 Å². The summed E-state index contributed by atoms with van der Waals surface area (Å²) in [5.41, 5.74) is 6.51.